The van der Waals surface area contributed by atoms with E-state index in [-0.39, 0.29) is 6.61 Å². The van der Waals surface area contributed by atoms with Gasteiger partial charge in [0.2, 0.25) is 0 Å². The number of hydrogen-bond acceptors (Lipinski definition) is 4. The first-order valence-corrected chi connectivity index (χ1v) is 5.02. The first kappa shape index (κ1) is 14.2. The van der Waals surface area contributed by atoms with Gasteiger partial charge in [0.1, 0.15) is 12.4 Å². The molecule has 0 amide bonds. The summed E-state index contributed by atoms with van der Waals surface area (Å²) >= 11 is 0. The first-order chi connectivity index (χ1) is 7.77. The van der Waals surface area contributed by atoms with Gasteiger partial charge in [-0.25, -0.2) is 4.79 Å². The van der Waals surface area contributed by atoms with Gasteiger partial charge >= 0.3 is 5.97 Å². The van der Waals surface area contributed by atoms with Crippen LogP contribution in [0.2, 0.25) is 0 Å². The molecule has 88 valence electrons. The molecule has 1 rings (SSSR count). The molecule has 4 heteroatoms. The lowest BCUT2D eigenvalue weighted by atomic mass is 10.2. The van der Waals surface area contributed by atoms with E-state index < -0.39 is 5.97 Å². The number of rotatable bonds is 4. The Balaban J connectivity index is 0.00000106. The Labute approximate surface area is 95.2 Å². The molecule has 0 saturated heterocycles. The van der Waals surface area contributed by atoms with E-state index in [2.05, 4.69) is 4.74 Å². The predicted octanol–water partition coefficient (Wildman–Crippen LogP) is 2.08. The normalized spacial score (nSPS) is 8.44. The average Bonchev–Trinajstić information content (AvgIpc) is 2.38. The number of ether oxygens (including phenoxy) is 2. The van der Waals surface area contributed by atoms with Gasteiger partial charge in [-0.1, -0.05) is 13.8 Å². The molecule has 4 nitrogen and oxygen atoms in total. The molecular weight excluding hydrogens is 208 g/mol. The number of aldehydes is 1. The smallest absolute Gasteiger partial charge is 0.338 e. The monoisotopic (exact) mass is 224 g/mol. The molecule has 0 aromatic heterocycles. The van der Waals surface area contributed by atoms with E-state index in [9.17, 15) is 9.59 Å². The summed E-state index contributed by atoms with van der Waals surface area (Å²) in [6.45, 7) is 3.78. The van der Waals surface area contributed by atoms with E-state index in [1.807, 2.05) is 13.8 Å². The number of methoxy groups -OCH3 is 1. The summed E-state index contributed by atoms with van der Waals surface area (Å²) in [6, 6.07) is 6.45. The van der Waals surface area contributed by atoms with Gasteiger partial charge < -0.3 is 9.47 Å². The second-order valence-corrected chi connectivity index (χ2v) is 2.49. The molecule has 0 fully saturated rings. The molecule has 1 aromatic carbocycles. The largest absolute Gasteiger partial charge is 0.497 e. The lowest BCUT2D eigenvalue weighted by Crippen LogP contribution is -2.06. The highest BCUT2D eigenvalue weighted by Gasteiger charge is 2.05. The summed E-state index contributed by atoms with van der Waals surface area (Å²) in [5.74, 6) is 0.150. The fourth-order valence-corrected chi connectivity index (χ4v) is 0.920. The zero-order chi connectivity index (χ0) is 12.4. The fraction of sp³-hybridized carbons (Fsp3) is 0.333. The Morgan fingerprint density at radius 1 is 1.25 bits per heavy atom. The van der Waals surface area contributed by atoms with Gasteiger partial charge in [0.05, 0.1) is 12.7 Å². The maximum atomic E-state index is 11.2. The van der Waals surface area contributed by atoms with Gasteiger partial charge in [-0.3, -0.25) is 4.79 Å². The molecule has 0 saturated carbocycles. The summed E-state index contributed by atoms with van der Waals surface area (Å²) in [6.07, 6.45) is 0.529. The Kier molecular flexibility index (Phi) is 7.49. The second-order valence-electron chi connectivity index (χ2n) is 2.49. The zero-order valence-electron chi connectivity index (χ0n) is 9.73. The molecule has 0 aliphatic carbocycles. The molecule has 0 heterocycles. The van der Waals surface area contributed by atoms with E-state index in [1.165, 1.54) is 0 Å². The van der Waals surface area contributed by atoms with Crippen LogP contribution in [-0.2, 0) is 9.53 Å². The third-order valence-corrected chi connectivity index (χ3v) is 1.61. The van der Waals surface area contributed by atoms with Crippen molar-refractivity contribution in [1.82, 2.24) is 0 Å². The molecule has 0 aliphatic heterocycles. The minimum Gasteiger partial charge on any atom is -0.497 e. The maximum Gasteiger partial charge on any atom is 0.338 e. The molecule has 0 unspecified atom stereocenters. The van der Waals surface area contributed by atoms with Crippen molar-refractivity contribution < 1.29 is 19.1 Å². The van der Waals surface area contributed by atoms with Crippen molar-refractivity contribution in [3.8, 4) is 5.75 Å². The van der Waals surface area contributed by atoms with Gasteiger partial charge in [0.25, 0.3) is 0 Å². The molecule has 0 radical (unpaired) electrons. The SMILES string of the molecule is CC.COc1ccc(C(=O)OCC=O)cc1. The van der Waals surface area contributed by atoms with Crippen molar-refractivity contribution in [2.24, 2.45) is 0 Å². The van der Waals surface area contributed by atoms with Gasteiger partial charge in [-0.2, -0.15) is 0 Å². The molecule has 0 spiro atoms. The lowest BCUT2D eigenvalue weighted by molar-refractivity contribution is -0.110. The minimum atomic E-state index is -0.514. The van der Waals surface area contributed by atoms with Gasteiger partial charge in [-0.15, -0.1) is 0 Å². The minimum absolute atomic E-state index is 0.217. The summed E-state index contributed by atoms with van der Waals surface area (Å²) in [7, 11) is 1.54. The van der Waals surface area contributed by atoms with Crippen molar-refractivity contribution in [1.29, 1.82) is 0 Å². The number of carbonyl (C=O) groups is 2. The van der Waals surface area contributed by atoms with Crippen molar-refractivity contribution in [3.05, 3.63) is 29.8 Å². The molecule has 0 bridgehead atoms. The van der Waals surface area contributed by atoms with Gasteiger partial charge in [-0.05, 0) is 24.3 Å². The molecular formula is C12H16O4. The van der Waals surface area contributed by atoms with E-state index in [0.29, 0.717) is 17.6 Å². The quantitative estimate of drug-likeness (QED) is 0.580. The fourth-order valence-electron chi connectivity index (χ4n) is 0.920. The van der Waals surface area contributed by atoms with Crippen LogP contribution < -0.4 is 4.74 Å². The van der Waals surface area contributed by atoms with E-state index in [0.717, 1.165) is 0 Å². The Bertz CT molecular complexity index is 316. The highest BCUT2D eigenvalue weighted by Crippen LogP contribution is 2.11. The van der Waals surface area contributed by atoms with Crippen LogP contribution in [0.1, 0.15) is 24.2 Å². The molecule has 16 heavy (non-hydrogen) atoms. The highest BCUT2D eigenvalue weighted by molar-refractivity contribution is 5.90. The van der Waals surface area contributed by atoms with Crippen LogP contribution in [0.3, 0.4) is 0 Å². The highest BCUT2D eigenvalue weighted by atomic mass is 16.5. The third-order valence-electron chi connectivity index (χ3n) is 1.61. The van der Waals surface area contributed by atoms with E-state index in [4.69, 9.17) is 4.74 Å². The van der Waals surface area contributed by atoms with Crippen molar-refractivity contribution in [2.75, 3.05) is 13.7 Å². The lowest BCUT2D eigenvalue weighted by Gasteiger charge is -2.02. The van der Waals surface area contributed by atoms with Gasteiger partial charge in [0, 0.05) is 0 Å². The number of carbonyl (C=O) groups excluding carboxylic acids is 2. The summed E-state index contributed by atoms with van der Waals surface area (Å²) < 4.78 is 9.52. The third kappa shape index (κ3) is 4.59. The summed E-state index contributed by atoms with van der Waals surface area (Å²) in [5, 5.41) is 0. The zero-order valence-corrected chi connectivity index (χ0v) is 9.73. The summed E-state index contributed by atoms with van der Waals surface area (Å²) in [5.41, 5.74) is 0.396. The number of hydrogen-bond donors (Lipinski definition) is 0. The van der Waals surface area contributed by atoms with Gasteiger partial charge in [0.15, 0.2) is 6.29 Å². The van der Waals surface area contributed by atoms with E-state index >= 15 is 0 Å². The molecule has 0 atom stereocenters. The first-order valence-electron chi connectivity index (χ1n) is 5.02. The second kappa shape index (κ2) is 8.47. The maximum absolute atomic E-state index is 11.2. The predicted molar refractivity (Wildman–Crippen MR) is 60.7 cm³/mol. The van der Waals surface area contributed by atoms with Crippen LogP contribution in [0, 0.1) is 0 Å². The van der Waals surface area contributed by atoms with E-state index in [1.54, 1.807) is 31.4 Å². The number of esters is 1. The van der Waals surface area contributed by atoms with Crippen molar-refractivity contribution >= 4 is 12.3 Å². The van der Waals surface area contributed by atoms with Crippen molar-refractivity contribution in [3.63, 3.8) is 0 Å². The Morgan fingerprint density at radius 3 is 2.25 bits per heavy atom. The standard InChI is InChI=1S/C10H10O4.C2H6/c1-13-9-4-2-8(3-5-9)10(12)14-7-6-11;1-2/h2-6H,7H2,1H3;1-2H3. The van der Waals surface area contributed by atoms with Crippen LogP contribution in [0.5, 0.6) is 5.75 Å². The molecule has 1 aromatic rings. The average molecular weight is 224 g/mol. The number of benzene rings is 1. The molecule has 0 aliphatic rings. The van der Waals surface area contributed by atoms with Crippen LogP contribution >= 0.6 is 0 Å². The summed E-state index contributed by atoms with van der Waals surface area (Å²) in [4.78, 5) is 21.1. The Hall–Kier alpha value is -1.84. The van der Waals surface area contributed by atoms with Crippen LogP contribution in [0.15, 0.2) is 24.3 Å². The van der Waals surface area contributed by atoms with Crippen LogP contribution in [0.4, 0.5) is 0 Å². The van der Waals surface area contributed by atoms with Crippen molar-refractivity contribution in [2.45, 2.75) is 13.8 Å². The molecule has 0 N–H and O–H groups in total. The van der Waals surface area contributed by atoms with Crippen LogP contribution in [-0.4, -0.2) is 26.0 Å². The topological polar surface area (TPSA) is 52.6 Å². The van der Waals surface area contributed by atoms with Crippen LogP contribution in [0.25, 0.3) is 0 Å². The Morgan fingerprint density at radius 2 is 1.81 bits per heavy atom.